The van der Waals surface area contributed by atoms with Gasteiger partial charge in [0.25, 0.3) is 0 Å². The zero-order valence-electron chi connectivity index (χ0n) is 15.9. The van der Waals surface area contributed by atoms with E-state index in [-0.39, 0.29) is 0 Å². The highest BCUT2D eigenvalue weighted by Gasteiger charge is 2.49. The van der Waals surface area contributed by atoms with Crippen molar-refractivity contribution < 1.29 is 4.74 Å². The molecular weight excluding hydrogens is 308 g/mol. The van der Waals surface area contributed by atoms with Gasteiger partial charge in [-0.05, 0) is 61.6 Å². The fourth-order valence-electron chi connectivity index (χ4n) is 5.12. The van der Waals surface area contributed by atoms with Gasteiger partial charge in [0.1, 0.15) is 0 Å². The minimum atomic E-state index is 0.361. The second-order valence-electron chi connectivity index (χ2n) is 9.04. The van der Waals surface area contributed by atoms with E-state index in [4.69, 9.17) is 4.74 Å². The van der Waals surface area contributed by atoms with Crippen molar-refractivity contribution in [3.8, 4) is 0 Å². The van der Waals surface area contributed by atoms with Crippen LogP contribution in [0.5, 0.6) is 0 Å². The van der Waals surface area contributed by atoms with Gasteiger partial charge < -0.3 is 15.0 Å². The molecule has 0 amide bonds. The summed E-state index contributed by atoms with van der Waals surface area (Å²) in [5, 5.41) is 4.01. The van der Waals surface area contributed by atoms with E-state index in [0.29, 0.717) is 23.4 Å². The standard InChI is InChI=1S/C22H34N2O/c1-22(2)20(18-6-4-3-5-7-18)14-21(22)23-19-8-11-24(12-9-19)15-17-10-13-25-16-17/h3-7,17,19-21,23H,8-16H2,1-2H3/t17-,20-,21+/m0/s1. The highest BCUT2D eigenvalue weighted by atomic mass is 16.5. The number of rotatable bonds is 5. The van der Waals surface area contributed by atoms with Gasteiger partial charge in [-0.1, -0.05) is 44.2 Å². The Morgan fingerprint density at radius 2 is 1.88 bits per heavy atom. The van der Waals surface area contributed by atoms with Crippen molar-refractivity contribution in [3.63, 3.8) is 0 Å². The van der Waals surface area contributed by atoms with Gasteiger partial charge in [-0.15, -0.1) is 0 Å². The molecule has 0 unspecified atom stereocenters. The molecule has 1 aromatic rings. The number of piperidine rings is 1. The van der Waals surface area contributed by atoms with Crippen LogP contribution in [0, 0.1) is 11.3 Å². The summed E-state index contributed by atoms with van der Waals surface area (Å²) < 4.78 is 5.52. The van der Waals surface area contributed by atoms with E-state index in [9.17, 15) is 0 Å². The molecule has 0 spiro atoms. The van der Waals surface area contributed by atoms with Crippen LogP contribution in [0.2, 0.25) is 0 Å². The second-order valence-corrected chi connectivity index (χ2v) is 9.04. The Morgan fingerprint density at radius 3 is 2.52 bits per heavy atom. The Morgan fingerprint density at radius 1 is 1.12 bits per heavy atom. The van der Waals surface area contributed by atoms with Crippen LogP contribution >= 0.6 is 0 Å². The lowest BCUT2D eigenvalue weighted by Gasteiger charge is -2.54. The lowest BCUT2D eigenvalue weighted by Crippen LogP contribution is -2.59. The zero-order chi connectivity index (χ0) is 17.3. The van der Waals surface area contributed by atoms with Crippen molar-refractivity contribution in [2.24, 2.45) is 11.3 Å². The number of hydrogen-bond donors (Lipinski definition) is 1. The summed E-state index contributed by atoms with van der Waals surface area (Å²) in [6.45, 7) is 10.6. The predicted octanol–water partition coefficient (Wildman–Crippen LogP) is 3.66. The third kappa shape index (κ3) is 3.79. The van der Waals surface area contributed by atoms with Crippen LogP contribution in [0.25, 0.3) is 0 Å². The molecule has 2 saturated heterocycles. The van der Waals surface area contributed by atoms with Gasteiger partial charge in [0.15, 0.2) is 0 Å². The molecule has 1 aromatic carbocycles. The summed E-state index contributed by atoms with van der Waals surface area (Å²) in [5.74, 6) is 1.48. The molecule has 138 valence electrons. The van der Waals surface area contributed by atoms with E-state index in [1.54, 1.807) is 0 Å². The van der Waals surface area contributed by atoms with Crippen LogP contribution in [-0.2, 0) is 4.74 Å². The lowest BCUT2D eigenvalue weighted by atomic mass is 9.56. The molecule has 2 heterocycles. The summed E-state index contributed by atoms with van der Waals surface area (Å²) in [6.07, 6.45) is 5.15. The summed E-state index contributed by atoms with van der Waals surface area (Å²) in [7, 11) is 0. The van der Waals surface area contributed by atoms with Crippen molar-refractivity contribution in [3.05, 3.63) is 35.9 Å². The van der Waals surface area contributed by atoms with Crippen molar-refractivity contribution in [2.75, 3.05) is 32.8 Å². The molecule has 25 heavy (non-hydrogen) atoms. The SMILES string of the molecule is CC1(C)[C@H](NC2CCN(C[C@@H]3CCOC3)CC2)C[C@H]1c1ccccc1. The maximum absolute atomic E-state index is 5.52. The Bertz CT molecular complexity index is 544. The first-order valence-electron chi connectivity index (χ1n) is 10.2. The smallest absolute Gasteiger partial charge is 0.0507 e. The van der Waals surface area contributed by atoms with Crippen LogP contribution < -0.4 is 5.32 Å². The number of ether oxygens (including phenoxy) is 1. The summed E-state index contributed by atoms with van der Waals surface area (Å²) in [4.78, 5) is 2.66. The topological polar surface area (TPSA) is 24.5 Å². The zero-order valence-corrected chi connectivity index (χ0v) is 15.9. The number of benzene rings is 1. The number of nitrogens with zero attached hydrogens (tertiary/aromatic N) is 1. The molecule has 3 nitrogen and oxygen atoms in total. The highest BCUT2D eigenvalue weighted by molar-refractivity contribution is 5.27. The number of likely N-dealkylation sites (tertiary alicyclic amines) is 1. The molecule has 3 heteroatoms. The summed E-state index contributed by atoms with van der Waals surface area (Å²) in [6, 6.07) is 12.4. The Hall–Kier alpha value is -0.900. The molecule has 4 rings (SSSR count). The van der Waals surface area contributed by atoms with Gasteiger partial charge in [0.2, 0.25) is 0 Å². The highest BCUT2D eigenvalue weighted by Crippen LogP contribution is 2.52. The third-order valence-electron chi connectivity index (χ3n) is 7.03. The van der Waals surface area contributed by atoms with Crippen LogP contribution in [0.3, 0.4) is 0 Å². The molecule has 3 atom stereocenters. The van der Waals surface area contributed by atoms with Crippen LogP contribution in [0.4, 0.5) is 0 Å². The molecule has 3 aliphatic rings. The van der Waals surface area contributed by atoms with Gasteiger partial charge in [0.05, 0.1) is 6.61 Å². The monoisotopic (exact) mass is 342 g/mol. The molecule has 3 fully saturated rings. The maximum Gasteiger partial charge on any atom is 0.0507 e. The van der Waals surface area contributed by atoms with E-state index in [2.05, 4.69) is 54.4 Å². The molecule has 1 N–H and O–H groups in total. The number of nitrogens with one attached hydrogen (secondary N) is 1. The maximum atomic E-state index is 5.52. The van der Waals surface area contributed by atoms with Gasteiger partial charge in [-0.2, -0.15) is 0 Å². The average Bonchev–Trinajstić information content (AvgIpc) is 3.13. The normalized spacial score (nSPS) is 33.3. The van der Waals surface area contributed by atoms with Crippen molar-refractivity contribution in [1.29, 1.82) is 0 Å². The first kappa shape index (κ1) is 17.5. The van der Waals surface area contributed by atoms with Gasteiger partial charge in [0, 0.05) is 25.2 Å². The lowest BCUT2D eigenvalue weighted by molar-refractivity contribution is 0.0486. The molecule has 0 bridgehead atoms. The van der Waals surface area contributed by atoms with Crippen molar-refractivity contribution >= 4 is 0 Å². The Balaban J connectivity index is 1.24. The molecule has 0 radical (unpaired) electrons. The van der Waals surface area contributed by atoms with E-state index in [1.165, 1.54) is 50.9 Å². The van der Waals surface area contributed by atoms with Crippen LogP contribution in [0.1, 0.15) is 51.0 Å². The van der Waals surface area contributed by atoms with E-state index in [0.717, 1.165) is 19.1 Å². The summed E-state index contributed by atoms with van der Waals surface area (Å²) >= 11 is 0. The van der Waals surface area contributed by atoms with Gasteiger partial charge >= 0.3 is 0 Å². The Kier molecular flexibility index (Phi) is 5.17. The molecule has 1 saturated carbocycles. The van der Waals surface area contributed by atoms with E-state index in [1.807, 2.05) is 0 Å². The average molecular weight is 343 g/mol. The minimum absolute atomic E-state index is 0.361. The quantitative estimate of drug-likeness (QED) is 0.884. The predicted molar refractivity (Wildman–Crippen MR) is 103 cm³/mol. The van der Waals surface area contributed by atoms with E-state index >= 15 is 0 Å². The first-order valence-corrected chi connectivity index (χ1v) is 10.2. The van der Waals surface area contributed by atoms with E-state index < -0.39 is 0 Å². The van der Waals surface area contributed by atoms with Gasteiger partial charge in [-0.3, -0.25) is 0 Å². The first-order chi connectivity index (χ1) is 12.1. The number of hydrogen-bond acceptors (Lipinski definition) is 3. The second kappa shape index (κ2) is 7.38. The molecule has 1 aliphatic carbocycles. The van der Waals surface area contributed by atoms with Crippen molar-refractivity contribution in [2.45, 2.75) is 57.5 Å². The fourth-order valence-corrected chi connectivity index (χ4v) is 5.12. The molecular formula is C22H34N2O. The van der Waals surface area contributed by atoms with Crippen LogP contribution in [0.15, 0.2) is 30.3 Å². The minimum Gasteiger partial charge on any atom is -0.381 e. The van der Waals surface area contributed by atoms with Gasteiger partial charge in [-0.25, -0.2) is 0 Å². The molecule has 0 aromatic heterocycles. The van der Waals surface area contributed by atoms with Crippen molar-refractivity contribution in [1.82, 2.24) is 10.2 Å². The summed E-state index contributed by atoms with van der Waals surface area (Å²) in [5.41, 5.74) is 1.87. The fraction of sp³-hybridized carbons (Fsp3) is 0.727. The Labute approximate surface area is 153 Å². The molecule has 2 aliphatic heterocycles. The largest absolute Gasteiger partial charge is 0.381 e. The third-order valence-corrected chi connectivity index (χ3v) is 7.03. The van der Waals surface area contributed by atoms with Crippen LogP contribution in [-0.4, -0.2) is 49.8 Å².